The topological polar surface area (TPSA) is 58.2 Å². The van der Waals surface area contributed by atoms with Crippen LogP contribution in [0.1, 0.15) is 52.5 Å². The first-order valence-electron chi connectivity index (χ1n) is 8.00. The van der Waals surface area contributed by atoms with Gasteiger partial charge in [0.2, 0.25) is 11.8 Å². The Morgan fingerprint density at radius 3 is 2.14 bits per heavy atom. The number of carbonyl (C=O) groups is 2. The summed E-state index contributed by atoms with van der Waals surface area (Å²) in [6.45, 7) is 8.25. The van der Waals surface area contributed by atoms with Gasteiger partial charge in [0.05, 0.1) is 5.41 Å². The highest BCUT2D eigenvalue weighted by atomic mass is 16.2. The first-order valence-corrected chi connectivity index (χ1v) is 8.00. The maximum Gasteiger partial charge on any atom is 0.230 e. The van der Waals surface area contributed by atoms with Gasteiger partial charge >= 0.3 is 0 Å². The van der Waals surface area contributed by atoms with Crippen molar-refractivity contribution in [1.82, 2.24) is 5.32 Å². The Morgan fingerprint density at radius 1 is 1.14 bits per heavy atom. The molecule has 0 heterocycles. The van der Waals surface area contributed by atoms with E-state index in [-0.39, 0.29) is 17.2 Å². The summed E-state index contributed by atoms with van der Waals surface area (Å²) in [5.41, 5.74) is 1.02. The van der Waals surface area contributed by atoms with Gasteiger partial charge in [-0.15, -0.1) is 0 Å². The molecule has 0 atom stereocenters. The third-order valence-corrected chi connectivity index (χ3v) is 4.36. The molecule has 2 rings (SSSR count). The van der Waals surface area contributed by atoms with Gasteiger partial charge in [0.25, 0.3) is 0 Å². The Labute approximate surface area is 132 Å². The standard InChI is InChI=1S/C18H26N2O2/c1-5-19-16(22)18(11-6-12-18)13-7-9-14(10-8-13)20-15(21)17(2,3)4/h7-10H,5-6,11-12H2,1-4H3,(H,19,22)(H,20,21). The van der Waals surface area contributed by atoms with Crippen LogP contribution in [0.25, 0.3) is 0 Å². The number of hydrogen-bond acceptors (Lipinski definition) is 2. The van der Waals surface area contributed by atoms with E-state index < -0.39 is 5.41 Å². The fourth-order valence-corrected chi connectivity index (χ4v) is 2.70. The van der Waals surface area contributed by atoms with Gasteiger partial charge in [-0.05, 0) is 37.5 Å². The van der Waals surface area contributed by atoms with Crippen LogP contribution in [0.15, 0.2) is 24.3 Å². The average Bonchev–Trinajstić information content (AvgIpc) is 2.38. The molecule has 0 bridgehead atoms. The molecule has 0 saturated heterocycles. The van der Waals surface area contributed by atoms with Gasteiger partial charge in [0.1, 0.15) is 0 Å². The van der Waals surface area contributed by atoms with Crippen molar-refractivity contribution < 1.29 is 9.59 Å². The summed E-state index contributed by atoms with van der Waals surface area (Å²) < 4.78 is 0. The van der Waals surface area contributed by atoms with Gasteiger partial charge < -0.3 is 10.6 Å². The van der Waals surface area contributed by atoms with E-state index in [1.165, 1.54) is 0 Å². The van der Waals surface area contributed by atoms with Gasteiger partial charge in [-0.2, -0.15) is 0 Å². The maximum absolute atomic E-state index is 12.4. The third-order valence-electron chi connectivity index (χ3n) is 4.36. The molecule has 0 unspecified atom stereocenters. The summed E-state index contributed by atoms with van der Waals surface area (Å²) in [7, 11) is 0. The molecule has 0 aromatic heterocycles. The van der Waals surface area contributed by atoms with Crippen molar-refractivity contribution in [2.24, 2.45) is 5.41 Å². The first-order chi connectivity index (χ1) is 10.3. The van der Waals surface area contributed by atoms with Crippen molar-refractivity contribution in [1.29, 1.82) is 0 Å². The van der Waals surface area contributed by atoms with Gasteiger partial charge in [-0.3, -0.25) is 9.59 Å². The second-order valence-electron chi connectivity index (χ2n) is 7.08. The monoisotopic (exact) mass is 302 g/mol. The molecule has 0 spiro atoms. The van der Waals surface area contributed by atoms with Crippen LogP contribution < -0.4 is 10.6 Å². The van der Waals surface area contributed by atoms with Crippen molar-refractivity contribution in [2.75, 3.05) is 11.9 Å². The van der Waals surface area contributed by atoms with E-state index >= 15 is 0 Å². The van der Waals surface area contributed by atoms with Crippen LogP contribution in [-0.2, 0) is 15.0 Å². The maximum atomic E-state index is 12.4. The van der Waals surface area contributed by atoms with E-state index in [4.69, 9.17) is 0 Å². The highest BCUT2D eigenvalue weighted by Gasteiger charge is 2.45. The van der Waals surface area contributed by atoms with E-state index in [9.17, 15) is 9.59 Å². The molecule has 1 aromatic rings. The van der Waals surface area contributed by atoms with Crippen LogP contribution in [0.5, 0.6) is 0 Å². The number of amides is 2. The van der Waals surface area contributed by atoms with Crippen molar-refractivity contribution >= 4 is 17.5 Å². The quantitative estimate of drug-likeness (QED) is 0.897. The predicted molar refractivity (Wildman–Crippen MR) is 88.7 cm³/mol. The molecule has 4 nitrogen and oxygen atoms in total. The summed E-state index contributed by atoms with van der Waals surface area (Å²) in [5.74, 6) is 0.107. The lowest BCUT2D eigenvalue weighted by Crippen LogP contribution is -2.49. The molecular weight excluding hydrogens is 276 g/mol. The Balaban J connectivity index is 2.14. The van der Waals surface area contributed by atoms with Crippen molar-refractivity contribution in [3.8, 4) is 0 Å². The Kier molecular flexibility index (Phi) is 4.59. The summed E-state index contributed by atoms with van der Waals surface area (Å²) in [4.78, 5) is 24.4. The lowest BCUT2D eigenvalue weighted by Gasteiger charge is -2.40. The summed E-state index contributed by atoms with van der Waals surface area (Å²) in [5, 5.41) is 5.86. The van der Waals surface area contributed by atoms with E-state index in [1.54, 1.807) is 0 Å². The number of rotatable bonds is 4. The SMILES string of the molecule is CCNC(=O)C1(c2ccc(NC(=O)C(C)(C)C)cc2)CCC1. The molecular formula is C18H26N2O2. The fourth-order valence-electron chi connectivity index (χ4n) is 2.70. The van der Waals surface area contributed by atoms with Crippen molar-refractivity contribution in [3.63, 3.8) is 0 Å². The lowest BCUT2D eigenvalue weighted by molar-refractivity contribution is -0.129. The van der Waals surface area contributed by atoms with Crippen molar-refractivity contribution in [3.05, 3.63) is 29.8 Å². The lowest BCUT2D eigenvalue weighted by atomic mass is 9.64. The molecule has 0 radical (unpaired) electrons. The molecule has 1 aliphatic carbocycles. The van der Waals surface area contributed by atoms with Crippen molar-refractivity contribution in [2.45, 2.75) is 52.4 Å². The molecule has 1 aromatic carbocycles. The van der Waals surface area contributed by atoms with Crippen LogP contribution in [-0.4, -0.2) is 18.4 Å². The zero-order chi connectivity index (χ0) is 16.4. The highest BCUT2D eigenvalue weighted by Crippen LogP contribution is 2.44. The molecule has 1 saturated carbocycles. The minimum atomic E-state index is -0.422. The van der Waals surface area contributed by atoms with Gasteiger partial charge in [-0.1, -0.05) is 39.3 Å². The molecule has 2 N–H and O–H groups in total. The molecule has 22 heavy (non-hydrogen) atoms. The number of anilines is 1. The molecule has 4 heteroatoms. The molecule has 2 amide bonds. The Hall–Kier alpha value is -1.84. The van der Waals surface area contributed by atoms with Crippen LogP contribution in [0.3, 0.4) is 0 Å². The smallest absolute Gasteiger partial charge is 0.230 e. The van der Waals surface area contributed by atoms with E-state index in [1.807, 2.05) is 52.0 Å². The molecule has 120 valence electrons. The Bertz CT molecular complexity index is 551. The number of hydrogen-bond donors (Lipinski definition) is 2. The summed E-state index contributed by atoms with van der Waals surface area (Å²) in [6, 6.07) is 7.70. The minimum absolute atomic E-state index is 0.0117. The van der Waals surface area contributed by atoms with E-state index in [0.29, 0.717) is 6.54 Å². The summed E-state index contributed by atoms with van der Waals surface area (Å²) in [6.07, 6.45) is 2.87. The van der Waals surface area contributed by atoms with Crippen LogP contribution in [0, 0.1) is 5.41 Å². The van der Waals surface area contributed by atoms with E-state index in [2.05, 4.69) is 10.6 Å². The zero-order valence-corrected chi connectivity index (χ0v) is 14.0. The van der Waals surface area contributed by atoms with Crippen LogP contribution in [0.2, 0.25) is 0 Å². The highest BCUT2D eigenvalue weighted by molar-refractivity contribution is 5.94. The molecule has 1 fully saturated rings. The van der Waals surface area contributed by atoms with Gasteiger partial charge in [-0.25, -0.2) is 0 Å². The van der Waals surface area contributed by atoms with E-state index in [0.717, 1.165) is 30.5 Å². The minimum Gasteiger partial charge on any atom is -0.356 e. The third kappa shape index (κ3) is 3.16. The predicted octanol–water partition coefficient (Wildman–Crippen LogP) is 3.23. The van der Waals surface area contributed by atoms with Crippen LogP contribution in [0.4, 0.5) is 5.69 Å². The largest absolute Gasteiger partial charge is 0.356 e. The van der Waals surface area contributed by atoms with Gasteiger partial charge in [0.15, 0.2) is 0 Å². The molecule has 1 aliphatic rings. The average molecular weight is 302 g/mol. The number of benzene rings is 1. The number of nitrogens with one attached hydrogen (secondary N) is 2. The summed E-state index contributed by atoms with van der Waals surface area (Å²) >= 11 is 0. The number of likely N-dealkylation sites (N-methyl/N-ethyl adjacent to an activating group) is 1. The second-order valence-corrected chi connectivity index (χ2v) is 7.08. The van der Waals surface area contributed by atoms with Gasteiger partial charge in [0, 0.05) is 17.6 Å². The number of carbonyl (C=O) groups excluding carboxylic acids is 2. The zero-order valence-electron chi connectivity index (χ0n) is 14.0. The molecule has 0 aliphatic heterocycles. The normalized spacial score (nSPS) is 16.5. The Morgan fingerprint density at radius 2 is 1.73 bits per heavy atom. The van der Waals surface area contributed by atoms with Crippen LogP contribution >= 0.6 is 0 Å². The fraction of sp³-hybridized carbons (Fsp3) is 0.556. The first kappa shape index (κ1) is 16.5. The second kappa shape index (κ2) is 6.11.